The summed E-state index contributed by atoms with van der Waals surface area (Å²) in [4.78, 5) is 10.4. The molecule has 0 aliphatic rings. The van der Waals surface area contributed by atoms with E-state index in [0.717, 1.165) is 0 Å². The van der Waals surface area contributed by atoms with Crippen LogP contribution in [0.3, 0.4) is 0 Å². The third-order valence-electron chi connectivity index (χ3n) is 1.55. The Bertz CT molecular complexity index is 323. The van der Waals surface area contributed by atoms with Crippen LogP contribution >= 0.6 is 11.6 Å². The highest BCUT2D eigenvalue weighted by molar-refractivity contribution is 6.19. The molecule has 1 N–H and O–H groups in total. The fourth-order valence-electron chi connectivity index (χ4n) is 1.09. The van der Waals surface area contributed by atoms with E-state index in [1.165, 1.54) is 0 Å². The predicted molar refractivity (Wildman–Crippen MR) is 53.7 cm³/mol. The summed E-state index contributed by atoms with van der Waals surface area (Å²) in [6, 6.07) is 6.89. The Kier molecular flexibility index (Phi) is 3.77. The minimum atomic E-state index is -0.860. The lowest BCUT2D eigenvalue weighted by molar-refractivity contribution is -0.136. The van der Waals surface area contributed by atoms with E-state index in [9.17, 15) is 4.79 Å². The second-order valence-electron chi connectivity index (χ2n) is 2.88. The molecule has 0 bridgehead atoms. The third kappa shape index (κ3) is 3.66. The van der Waals surface area contributed by atoms with Crippen LogP contribution in [0.4, 0.5) is 0 Å². The second-order valence-corrected chi connectivity index (χ2v) is 3.49. The molecule has 14 heavy (non-hydrogen) atoms. The highest BCUT2D eigenvalue weighted by Gasteiger charge is 2.03. The number of hydrogen-bond donors (Lipinski definition) is 1. The molecule has 0 fully saturated rings. The largest absolute Gasteiger partial charge is 0.481 e. The van der Waals surface area contributed by atoms with Gasteiger partial charge in [0, 0.05) is 0 Å². The number of halogens is 1. The van der Waals surface area contributed by atoms with Crippen molar-refractivity contribution in [2.75, 3.05) is 0 Å². The molecule has 1 rings (SSSR count). The Morgan fingerprint density at radius 2 is 2.36 bits per heavy atom. The molecule has 0 saturated heterocycles. The Morgan fingerprint density at radius 1 is 1.64 bits per heavy atom. The molecule has 0 spiro atoms. The fraction of sp³-hybridized carbons (Fsp3) is 0.300. The Hall–Kier alpha value is -1.22. The van der Waals surface area contributed by atoms with E-state index in [1.807, 2.05) is 0 Å². The van der Waals surface area contributed by atoms with Crippen LogP contribution in [0.1, 0.15) is 12.5 Å². The van der Waals surface area contributed by atoms with Gasteiger partial charge in [-0.3, -0.25) is 4.79 Å². The van der Waals surface area contributed by atoms with Crippen molar-refractivity contribution in [2.45, 2.75) is 18.9 Å². The molecule has 3 nitrogen and oxygen atoms in total. The fourth-order valence-corrected chi connectivity index (χ4v) is 1.19. The van der Waals surface area contributed by atoms with Crippen molar-refractivity contribution >= 4 is 17.6 Å². The first-order valence-corrected chi connectivity index (χ1v) is 4.63. The number of aliphatic carboxylic acids is 1. The normalized spacial score (nSPS) is 12.1. The van der Waals surface area contributed by atoms with Crippen LogP contribution in [0.25, 0.3) is 0 Å². The number of carbonyl (C=O) groups is 1. The van der Waals surface area contributed by atoms with Crippen molar-refractivity contribution in [1.82, 2.24) is 0 Å². The van der Waals surface area contributed by atoms with Gasteiger partial charge in [-0.05, 0) is 24.6 Å². The lowest BCUT2D eigenvalue weighted by Gasteiger charge is -2.08. The quantitative estimate of drug-likeness (QED) is 0.783. The van der Waals surface area contributed by atoms with E-state index in [1.54, 1.807) is 31.2 Å². The van der Waals surface area contributed by atoms with Gasteiger partial charge in [-0.2, -0.15) is 0 Å². The summed E-state index contributed by atoms with van der Waals surface area (Å²) in [5.74, 6) is -0.271. The van der Waals surface area contributed by atoms with Gasteiger partial charge in [-0.15, -0.1) is 0 Å². The molecule has 0 heterocycles. The van der Waals surface area contributed by atoms with Crippen LogP contribution in [-0.2, 0) is 11.2 Å². The molecular formula is C10H11ClO3. The number of benzene rings is 1. The highest BCUT2D eigenvalue weighted by atomic mass is 35.5. The van der Waals surface area contributed by atoms with E-state index in [-0.39, 0.29) is 6.42 Å². The highest BCUT2D eigenvalue weighted by Crippen LogP contribution is 2.16. The molecule has 0 saturated carbocycles. The van der Waals surface area contributed by atoms with Crippen LogP contribution < -0.4 is 4.74 Å². The van der Waals surface area contributed by atoms with Crippen molar-refractivity contribution in [3.8, 4) is 5.75 Å². The average Bonchev–Trinajstić information content (AvgIpc) is 2.01. The number of carboxylic acid groups (broad SMARTS) is 1. The molecule has 0 aliphatic carbocycles. The molecule has 1 atom stereocenters. The zero-order valence-electron chi connectivity index (χ0n) is 7.74. The number of ether oxygens (including phenoxy) is 1. The predicted octanol–water partition coefficient (Wildman–Crippen LogP) is 2.28. The zero-order valence-corrected chi connectivity index (χ0v) is 8.49. The molecule has 1 aromatic rings. The molecular weight excluding hydrogens is 204 g/mol. The summed E-state index contributed by atoms with van der Waals surface area (Å²) in [5, 5.41) is 8.57. The monoisotopic (exact) mass is 214 g/mol. The standard InChI is InChI=1S/C10H11ClO3/c1-7(11)14-9-4-2-3-8(5-9)6-10(12)13/h2-5,7H,6H2,1H3,(H,12,13). The maximum absolute atomic E-state index is 10.4. The minimum Gasteiger partial charge on any atom is -0.481 e. The molecule has 0 aliphatic heterocycles. The number of hydrogen-bond acceptors (Lipinski definition) is 2. The van der Waals surface area contributed by atoms with Gasteiger partial charge in [0.1, 0.15) is 5.75 Å². The van der Waals surface area contributed by atoms with Crippen molar-refractivity contribution in [3.05, 3.63) is 29.8 Å². The van der Waals surface area contributed by atoms with Gasteiger partial charge in [-0.25, -0.2) is 0 Å². The minimum absolute atomic E-state index is 0.00608. The van der Waals surface area contributed by atoms with Crippen LogP contribution in [0, 0.1) is 0 Å². The SMILES string of the molecule is CC(Cl)Oc1cccc(CC(=O)O)c1. The first-order chi connectivity index (χ1) is 6.58. The Labute approximate surface area is 87.3 Å². The third-order valence-corrected chi connectivity index (χ3v) is 1.64. The lowest BCUT2D eigenvalue weighted by atomic mass is 10.1. The van der Waals surface area contributed by atoms with E-state index >= 15 is 0 Å². The summed E-state index contributed by atoms with van der Waals surface area (Å²) in [7, 11) is 0. The molecule has 1 unspecified atom stereocenters. The van der Waals surface area contributed by atoms with Crippen molar-refractivity contribution in [1.29, 1.82) is 0 Å². The van der Waals surface area contributed by atoms with Crippen molar-refractivity contribution in [2.24, 2.45) is 0 Å². The van der Waals surface area contributed by atoms with E-state index in [4.69, 9.17) is 21.4 Å². The Morgan fingerprint density at radius 3 is 2.93 bits per heavy atom. The van der Waals surface area contributed by atoms with Crippen molar-refractivity contribution < 1.29 is 14.6 Å². The molecule has 0 aromatic heterocycles. The molecule has 0 amide bonds. The molecule has 1 aromatic carbocycles. The van der Waals surface area contributed by atoms with Crippen LogP contribution in [0.2, 0.25) is 0 Å². The first kappa shape index (κ1) is 10.9. The smallest absolute Gasteiger partial charge is 0.307 e. The topological polar surface area (TPSA) is 46.5 Å². The average molecular weight is 215 g/mol. The van der Waals surface area contributed by atoms with Crippen LogP contribution in [0.5, 0.6) is 5.75 Å². The molecule has 4 heteroatoms. The van der Waals surface area contributed by atoms with Gasteiger partial charge >= 0.3 is 5.97 Å². The van der Waals surface area contributed by atoms with Gasteiger partial charge < -0.3 is 9.84 Å². The van der Waals surface area contributed by atoms with Gasteiger partial charge in [0.15, 0.2) is 5.56 Å². The number of rotatable bonds is 4. The molecule has 76 valence electrons. The summed E-state index contributed by atoms with van der Waals surface area (Å²) < 4.78 is 5.21. The second kappa shape index (κ2) is 4.86. The Balaban J connectivity index is 2.73. The summed E-state index contributed by atoms with van der Waals surface area (Å²) in [5.41, 5.74) is 0.280. The number of carboxylic acids is 1. The van der Waals surface area contributed by atoms with Gasteiger partial charge in [0.25, 0.3) is 0 Å². The van der Waals surface area contributed by atoms with E-state index in [2.05, 4.69) is 0 Å². The molecule has 0 radical (unpaired) electrons. The maximum atomic E-state index is 10.4. The summed E-state index contributed by atoms with van der Waals surface area (Å²) in [6.07, 6.45) is -0.00608. The van der Waals surface area contributed by atoms with Gasteiger partial charge in [0.05, 0.1) is 6.42 Å². The van der Waals surface area contributed by atoms with E-state index < -0.39 is 11.5 Å². The van der Waals surface area contributed by atoms with Gasteiger partial charge in [-0.1, -0.05) is 23.7 Å². The first-order valence-electron chi connectivity index (χ1n) is 4.19. The van der Waals surface area contributed by atoms with E-state index in [0.29, 0.717) is 11.3 Å². The summed E-state index contributed by atoms with van der Waals surface area (Å²) in [6.45, 7) is 1.70. The lowest BCUT2D eigenvalue weighted by Crippen LogP contribution is -2.04. The zero-order chi connectivity index (χ0) is 10.6. The van der Waals surface area contributed by atoms with Crippen LogP contribution in [-0.4, -0.2) is 16.6 Å². The maximum Gasteiger partial charge on any atom is 0.307 e. The summed E-state index contributed by atoms with van der Waals surface area (Å²) >= 11 is 5.63. The van der Waals surface area contributed by atoms with Crippen LogP contribution in [0.15, 0.2) is 24.3 Å². The van der Waals surface area contributed by atoms with Crippen molar-refractivity contribution in [3.63, 3.8) is 0 Å². The van der Waals surface area contributed by atoms with Gasteiger partial charge in [0.2, 0.25) is 0 Å². The number of alkyl halides is 1.